The fraction of sp³-hybridized carbons (Fsp3) is 0.133. The molecule has 1 atom stereocenters. The third-order valence-corrected chi connectivity index (χ3v) is 3.31. The van der Waals surface area contributed by atoms with Crippen molar-refractivity contribution in [3.05, 3.63) is 64.7 Å². The molecule has 1 amide bonds. The molecule has 0 saturated heterocycles. The minimum atomic E-state index is -2.55. The van der Waals surface area contributed by atoms with Gasteiger partial charge in [-0.05, 0) is 17.7 Å². The van der Waals surface area contributed by atoms with E-state index in [1.807, 2.05) is 0 Å². The highest BCUT2D eigenvalue weighted by Crippen LogP contribution is 2.27. The van der Waals surface area contributed by atoms with Crippen molar-refractivity contribution in [3.63, 3.8) is 0 Å². The van der Waals surface area contributed by atoms with Crippen molar-refractivity contribution in [2.24, 2.45) is 5.73 Å². The number of para-hydroxylation sites is 1. The van der Waals surface area contributed by atoms with E-state index in [1.165, 1.54) is 24.3 Å². The lowest BCUT2D eigenvalue weighted by molar-refractivity contribution is -0.118. The second kappa shape index (κ2) is 6.54. The zero-order chi connectivity index (χ0) is 15.4. The number of hydrogen-bond acceptors (Lipinski definition) is 2. The molecule has 0 fully saturated rings. The predicted octanol–water partition coefficient (Wildman–Crippen LogP) is 3.92. The first kappa shape index (κ1) is 15.3. The van der Waals surface area contributed by atoms with Crippen LogP contribution >= 0.6 is 11.6 Å². The van der Waals surface area contributed by atoms with Gasteiger partial charge in [-0.3, -0.25) is 4.79 Å². The fourth-order valence-corrected chi connectivity index (χ4v) is 2.08. The number of anilines is 1. The zero-order valence-corrected chi connectivity index (χ0v) is 11.6. The van der Waals surface area contributed by atoms with Crippen molar-refractivity contribution >= 4 is 23.2 Å². The second-order valence-corrected chi connectivity index (χ2v) is 4.83. The molecule has 0 aliphatic carbocycles. The molecule has 1 unspecified atom stereocenters. The maximum atomic E-state index is 12.5. The van der Waals surface area contributed by atoms with E-state index in [2.05, 4.69) is 5.32 Å². The first-order valence-electron chi connectivity index (χ1n) is 6.17. The lowest BCUT2D eigenvalue weighted by Gasteiger charge is -2.18. The molecule has 2 aromatic carbocycles. The smallest absolute Gasteiger partial charge is 0.263 e. The summed E-state index contributed by atoms with van der Waals surface area (Å²) >= 11 is 6.01. The number of carbonyl (C=O) groups excluding carboxylic acids is 1. The summed E-state index contributed by atoms with van der Waals surface area (Å²) in [4.78, 5) is 11.6. The van der Waals surface area contributed by atoms with Crippen LogP contribution in [0.15, 0.2) is 48.5 Å². The summed E-state index contributed by atoms with van der Waals surface area (Å²) in [5.74, 6) is -0.625. The maximum absolute atomic E-state index is 12.5. The van der Waals surface area contributed by atoms with Crippen molar-refractivity contribution in [1.82, 2.24) is 0 Å². The minimum Gasteiger partial charge on any atom is -0.369 e. The van der Waals surface area contributed by atoms with Gasteiger partial charge in [0.1, 0.15) is 6.04 Å². The largest absolute Gasteiger partial charge is 0.369 e. The van der Waals surface area contributed by atoms with E-state index in [0.29, 0.717) is 16.3 Å². The Balaban J connectivity index is 2.27. The summed E-state index contributed by atoms with van der Waals surface area (Å²) in [6.45, 7) is 0. The Kier molecular flexibility index (Phi) is 4.75. The Labute approximate surface area is 125 Å². The Morgan fingerprint density at radius 2 is 1.62 bits per heavy atom. The molecule has 110 valence electrons. The Morgan fingerprint density at radius 3 is 2.14 bits per heavy atom. The molecule has 3 nitrogen and oxygen atoms in total. The van der Waals surface area contributed by atoms with Crippen LogP contribution in [0.1, 0.15) is 23.6 Å². The molecule has 0 aliphatic rings. The normalized spacial score (nSPS) is 12.2. The van der Waals surface area contributed by atoms with Gasteiger partial charge < -0.3 is 11.1 Å². The van der Waals surface area contributed by atoms with E-state index in [0.717, 1.165) is 0 Å². The van der Waals surface area contributed by atoms with Crippen LogP contribution in [0.3, 0.4) is 0 Å². The molecule has 2 aromatic rings. The van der Waals surface area contributed by atoms with Crippen LogP contribution in [0.25, 0.3) is 0 Å². The van der Waals surface area contributed by atoms with Gasteiger partial charge >= 0.3 is 0 Å². The highest BCUT2D eigenvalue weighted by Gasteiger charge is 2.19. The first-order valence-corrected chi connectivity index (χ1v) is 6.55. The lowest BCUT2D eigenvalue weighted by atomic mass is 10.0. The molecule has 3 N–H and O–H groups in total. The van der Waals surface area contributed by atoms with E-state index in [-0.39, 0.29) is 5.56 Å². The molecule has 2 rings (SSSR count). The number of primary amides is 1. The van der Waals surface area contributed by atoms with Crippen LogP contribution in [-0.2, 0) is 4.79 Å². The van der Waals surface area contributed by atoms with Crippen LogP contribution in [0.5, 0.6) is 0 Å². The van der Waals surface area contributed by atoms with Crippen LogP contribution in [0.4, 0.5) is 14.5 Å². The van der Waals surface area contributed by atoms with E-state index < -0.39 is 18.4 Å². The van der Waals surface area contributed by atoms with Crippen molar-refractivity contribution in [1.29, 1.82) is 0 Å². The minimum absolute atomic E-state index is 0.111. The number of hydrogen-bond donors (Lipinski definition) is 2. The summed E-state index contributed by atoms with van der Waals surface area (Å²) in [6.07, 6.45) is -2.55. The van der Waals surface area contributed by atoms with Crippen molar-refractivity contribution in [2.45, 2.75) is 12.5 Å². The van der Waals surface area contributed by atoms with Gasteiger partial charge in [0.15, 0.2) is 0 Å². The van der Waals surface area contributed by atoms with Gasteiger partial charge in [-0.1, -0.05) is 48.0 Å². The molecule has 0 aliphatic heterocycles. The number of carbonyl (C=O) groups is 1. The topological polar surface area (TPSA) is 55.1 Å². The van der Waals surface area contributed by atoms with Crippen LogP contribution < -0.4 is 11.1 Å². The summed E-state index contributed by atoms with van der Waals surface area (Å²) in [5, 5.41) is 3.36. The number of nitrogens with two attached hydrogens (primary N) is 1. The molecule has 0 bridgehead atoms. The quantitative estimate of drug-likeness (QED) is 0.879. The highest BCUT2D eigenvalue weighted by molar-refractivity contribution is 6.33. The van der Waals surface area contributed by atoms with Crippen LogP contribution in [0.2, 0.25) is 5.02 Å². The van der Waals surface area contributed by atoms with Crippen LogP contribution in [-0.4, -0.2) is 5.91 Å². The lowest BCUT2D eigenvalue weighted by Crippen LogP contribution is -2.27. The van der Waals surface area contributed by atoms with Crippen molar-refractivity contribution in [3.8, 4) is 0 Å². The standard InChI is InChI=1S/C15H13ClF2N2O/c16-11-3-1-2-4-12(11)20-13(15(19)21)9-5-7-10(8-6-9)14(17)18/h1-8,13-14,20H,(H2,19,21). The van der Waals surface area contributed by atoms with Gasteiger partial charge in [0.05, 0.1) is 10.7 Å². The highest BCUT2D eigenvalue weighted by atomic mass is 35.5. The SMILES string of the molecule is NC(=O)C(Nc1ccccc1Cl)c1ccc(C(F)F)cc1. The van der Waals surface area contributed by atoms with E-state index >= 15 is 0 Å². The van der Waals surface area contributed by atoms with E-state index in [9.17, 15) is 13.6 Å². The van der Waals surface area contributed by atoms with Gasteiger partial charge in [-0.2, -0.15) is 0 Å². The molecular weight excluding hydrogens is 298 g/mol. The zero-order valence-electron chi connectivity index (χ0n) is 10.9. The summed E-state index contributed by atoms with van der Waals surface area (Å²) in [5.41, 5.74) is 6.30. The maximum Gasteiger partial charge on any atom is 0.263 e. The summed E-state index contributed by atoms with van der Waals surface area (Å²) in [7, 11) is 0. The third-order valence-electron chi connectivity index (χ3n) is 2.98. The van der Waals surface area contributed by atoms with Gasteiger partial charge in [0, 0.05) is 5.56 Å². The number of rotatable bonds is 5. The summed E-state index contributed by atoms with van der Waals surface area (Å²) < 4.78 is 25.1. The van der Waals surface area contributed by atoms with E-state index in [1.54, 1.807) is 24.3 Å². The number of nitrogens with one attached hydrogen (secondary N) is 1. The Bertz CT molecular complexity index is 632. The van der Waals surface area contributed by atoms with Gasteiger partial charge in [0.2, 0.25) is 5.91 Å². The fourth-order valence-electron chi connectivity index (χ4n) is 1.89. The molecule has 21 heavy (non-hydrogen) atoms. The van der Waals surface area contributed by atoms with Crippen molar-refractivity contribution in [2.75, 3.05) is 5.32 Å². The molecular formula is C15H13ClF2N2O. The van der Waals surface area contributed by atoms with E-state index in [4.69, 9.17) is 17.3 Å². The molecule has 0 spiro atoms. The monoisotopic (exact) mass is 310 g/mol. The third kappa shape index (κ3) is 3.70. The van der Waals surface area contributed by atoms with Gasteiger partial charge in [-0.15, -0.1) is 0 Å². The summed E-state index contributed by atoms with van der Waals surface area (Å²) in [6, 6.07) is 11.5. The number of benzene rings is 2. The molecule has 0 aromatic heterocycles. The predicted molar refractivity (Wildman–Crippen MR) is 78.4 cm³/mol. The number of amides is 1. The van der Waals surface area contributed by atoms with Crippen molar-refractivity contribution < 1.29 is 13.6 Å². The average molecular weight is 311 g/mol. The van der Waals surface area contributed by atoms with Crippen LogP contribution in [0, 0.1) is 0 Å². The number of alkyl halides is 2. The van der Waals surface area contributed by atoms with Gasteiger partial charge in [-0.25, -0.2) is 8.78 Å². The number of halogens is 3. The molecule has 0 radical (unpaired) electrons. The molecule has 0 heterocycles. The second-order valence-electron chi connectivity index (χ2n) is 4.43. The average Bonchev–Trinajstić information content (AvgIpc) is 2.46. The molecule has 0 saturated carbocycles. The first-order chi connectivity index (χ1) is 9.99. The Hall–Kier alpha value is -2.14. The molecule has 6 heteroatoms. The Morgan fingerprint density at radius 1 is 1.05 bits per heavy atom. The van der Waals surface area contributed by atoms with Gasteiger partial charge in [0.25, 0.3) is 6.43 Å².